The second-order valence-electron chi connectivity index (χ2n) is 4.84. The van der Waals surface area contributed by atoms with Crippen LogP contribution in [-0.4, -0.2) is 27.3 Å². The minimum absolute atomic E-state index is 0.0224. The van der Waals surface area contributed by atoms with Gasteiger partial charge in [-0.25, -0.2) is 0 Å². The number of thiophene rings is 1. The summed E-state index contributed by atoms with van der Waals surface area (Å²) in [4.78, 5) is 13.2. The Hall–Kier alpha value is -1.66. The van der Waals surface area contributed by atoms with Crippen molar-refractivity contribution in [3.05, 3.63) is 40.3 Å². The number of aliphatic hydroxyl groups excluding tert-OH is 1. The molecule has 2 aromatic heterocycles. The van der Waals surface area contributed by atoms with Crippen molar-refractivity contribution in [2.24, 2.45) is 5.92 Å². The fourth-order valence-corrected chi connectivity index (χ4v) is 3.26. The van der Waals surface area contributed by atoms with Crippen LogP contribution in [-0.2, 0) is 0 Å². The van der Waals surface area contributed by atoms with Gasteiger partial charge in [0, 0.05) is 11.1 Å². The second-order valence-corrected chi connectivity index (χ2v) is 5.82. The summed E-state index contributed by atoms with van der Waals surface area (Å²) in [5.41, 5.74) is 0.529. The molecule has 2 aromatic rings. The van der Waals surface area contributed by atoms with Crippen molar-refractivity contribution in [3.63, 3.8) is 0 Å². The summed E-state index contributed by atoms with van der Waals surface area (Å²) in [5, 5.41) is 20.9. The fraction of sp³-hybridized carbons (Fsp3) is 0.385. The second kappa shape index (κ2) is 5.14. The van der Waals surface area contributed by atoms with E-state index in [9.17, 15) is 9.90 Å². The minimum atomic E-state index is -0.224. The van der Waals surface area contributed by atoms with Crippen LogP contribution in [0.25, 0.3) is 0 Å². The van der Waals surface area contributed by atoms with Crippen molar-refractivity contribution in [2.75, 3.05) is 0 Å². The van der Waals surface area contributed by atoms with Crippen LogP contribution in [0.2, 0.25) is 0 Å². The summed E-state index contributed by atoms with van der Waals surface area (Å²) in [5.74, 6) is 0.179. The van der Waals surface area contributed by atoms with Gasteiger partial charge in [-0.3, -0.25) is 9.89 Å². The molecule has 19 heavy (non-hydrogen) atoms. The molecule has 3 rings (SSSR count). The zero-order chi connectivity index (χ0) is 13.2. The number of amides is 1. The number of hydrogen-bond donors (Lipinski definition) is 3. The number of carbonyl (C=O) groups is 1. The van der Waals surface area contributed by atoms with Gasteiger partial charge in [-0.2, -0.15) is 5.10 Å². The first-order chi connectivity index (χ1) is 9.24. The van der Waals surface area contributed by atoms with Crippen LogP contribution in [0.1, 0.15) is 34.1 Å². The molecule has 0 saturated heterocycles. The predicted molar refractivity (Wildman–Crippen MR) is 71.8 cm³/mol. The van der Waals surface area contributed by atoms with Gasteiger partial charge < -0.3 is 10.4 Å². The lowest BCUT2D eigenvalue weighted by atomic mass is 9.76. The number of aromatic amines is 1. The van der Waals surface area contributed by atoms with E-state index in [0.29, 0.717) is 11.5 Å². The van der Waals surface area contributed by atoms with Crippen molar-refractivity contribution >= 4 is 17.2 Å². The van der Waals surface area contributed by atoms with Gasteiger partial charge in [-0.05, 0) is 30.2 Å². The van der Waals surface area contributed by atoms with Crippen LogP contribution in [0.5, 0.6) is 0 Å². The molecular formula is C13H15N3O2S. The highest BCUT2D eigenvalue weighted by molar-refractivity contribution is 7.10. The Kier molecular flexibility index (Phi) is 3.35. The number of rotatable bonds is 4. The van der Waals surface area contributed by atoms with Crippen molar-refractivity contribution in [1.82, 2.24) is 15.5 Å². The Balaban J connectivity index is 1.74. The van der Waals surface area contributed by atoms with Crippen LogP contribution in [0.4, 0.5) is 0 Å². The van der Waals surface area contributed by atoms with E-state index < -0.39 is 0 Å². The van der Waals surface area contributed by atoms with E-state index >= 15 is 0 Å². The minimum Gasteiger partial charge on any atom is -0.393 e. The van der Waals surface area contributed by atoms with Crippen molar-refractivity contribution in [2.45, 2.75) is 25.0 Å². The molecule has 1 amide bonds. The quantitative estimate of drug-likeness (QED) is 0.796. The first-order valence-corrected chi connectivity index (χ1v) is 7.13. The zero-order valence-electron chi connectivity index (χ0n) is 10.2. The molecule has 0 aliphatic heterocycles. The van der Waals surface area contributed by atoms with E-state index in [4.69, 9.17) is 0 Å². The molecule has 0 spiro atoms. The van der Waals surface area contributed by atoms with Crippen molar-refractivity contribution < 1.29 is 9.90 Å². The average Bonchev–Trinajstić information content (AvgIpc) is 3.03. The predicted octanol–water partition coefficient (Wildman–Crippen LogP) is 1.71. The van der Waals surface area contributed by atoms with E-state index in [1.54, 1.807) is 17.5 Å². The molecule has 6 heteroatoms. The summed E-state index contributed by atoms with van der Waals surface area (Å²) in [6.07, 6.45) is 4.35. The Bertz CT molecular complexity index is 532. The van der Waals surface area contributed by atoms with Gasteiger partial charge >= 0.3 is 0 Å². The van der Waals surface area contributed by atoms with E-state index in [2.05, 4.69) is 15.5 Å². The number of nitrogens with zero attached hydrogens (tertiary/aromatic N) is 1. The largest absolute Gasteiger partial charge is 0.393 e. The van der Waals surface area contributed by atoms with Crippen molar-refractivity contribution in [1.29, 1.82) is 0 Å². The summed E-state index contributed by atoms with van der Waals surface area (Å²) in [7, 11) is 0. The molecule has 100 valence electrons. The maximum atomic E-state index is 12.1. The lowest BCUT2D eigenvalue weighted by Gasteiger charge is -2.37. The van der Waals surface area contributed by atoms with E-state index in [0.717, 1.165) is 17.7 Å². The van der Waals surface area contributed by atoms with Crippen LogP contribution in [0.3, 0.4) is 0 Å². The molecule has 0 unspecified atom stereocenters. The van der Waals surface area contributed by atoms with Gasteiger partial charge in [0.05, 0.1) is 23.9 Å². The molecule has 1 saturated carbocycles. The SMILES string of the molecule is O=C(N[C@H](c1cccs1)C1CC(O)C1)c1cn[nH]c1. The van der Waals surface area contributed by atoms with E-state index in [1.165, 1.54) is 6.20 Å². The molecule has 0 bridgehead atoms. The zero-order valence-corrected chi connectivity index (χ0v) is 11.1. The maximum absolute atomic E-state index is 12.1. The van der Waals surface area contributed by atoms with Gasteiger partial charge in [0.25, 0.3) is 5.91 Å². The molecule has 1 aliphatic carbocycles. The van der Waals surface area contributed by atoms with Gasteiger partial charge in [-0.15, -0.1) is 11.3 Å². The lowest BCUT2D eigenvalue weighted by molar-refractivity contribution is 0.0241. The molecule has 3 N–H and O–H groups in total. The molecule has 5 nitrogen and oxygen atoms in total. The average molecular weight is 277 g/mol. The standard InChI is InChI=1S/C13H15N3O2S/c17-10-4-8(5-10)12(11-2-1-3-19-11)16-13(18)9-6-14-15-7-9/h1-3,6-8,10,12,17H,4-5H2,(H,14,15)(H,16,18)/t8?,10?,12-/m0/s1. The molecule has 0 aromatic carbocycles. The normalized spacial score (nSPS) is 23.6. The topological polar surface area (TPSA) is 78.0 Å². The highest BCUT2D eigenvalue weighted by Gasteiger charge is 2.36. The van der Waals surface area contributed by atoms with E-state index in [-0.39, 0.29) is 18.1 Å². The first kappa shape index (κ1) is 12.4. The van der Waals surface area contributed by atoms with Gasteiger partial charge in [-0.1, -0.05) is 6.07 Å². The summed E-state index contributed by atoms with van der Waals surface area (Å²) in [6, 6.07) is 3.98. The van der Waals surface area contributed by atoms with Crippen LogP contribution >= 0.6 is 11.3 Å². The molecule has 0 radical (unpaired) electrons. The third-order valence-corrected chi connectivity index (χ3v) is 4.47. The fourth-order valence-electron chi connectivity index (χ4n) is 2.39. The summed E-state index contributed by atoms with van der Waals surface area (Å²) < 4.78 is 0. The number of H-pyrrole nitrogens is 1. The first-order valence-electron chi connectivity index (χ1n) is 6.25. The molecule has 2 heterocycles. The molecule has 1 atom stereocenters. The number of aromatic nitrogens is 2. The summed E-state index contributed by atoms with van der Waals surface area (Å²) >= 11 is 1.63. The molecular weight excluding hydrogens is 262 g/mol. The van der Waals surface area contributed by atoms with Gasteiger partial charge in [0.15, 0.2) is 0 Å². The maximum Gasteiger partial charge on any atom is 0.254 e. The number of hydrogen-bond acceptors (Lipinski definition) is 4. The summed E-state index contributed by atoms with van der Waals surface area (Å²) in [6.45, 7) is 0. The van der Waals surface area contributed by atoms with Gasteiger partial charge in [0.1, 0.15) is 0 Å². The van der Waals surface area contributed by atoms with Crippen LogP contribution in [0.15, 0.2) is 29.9 Å². The Morgan fingerprint density at radius 1 is 1.58 bits per heavy atom. The number of nitrogens with one attached hydrogen (secondary N) is 2. The van der Waals surface area contributed by atoms with Gasteiger partial charge in [0.2, 0.25) is 0 Å². The third-order valence-electron chi connectivity index (χ3n) is 3.52. The number of carbonyl (C=O) groups excluding carboxylic acids is 1. The lowest BCUT2D eigenvalue weighted by Crippen LogP contribution is -2.41. The van der Waals surface area contributed by atoms with E-state index in [1.807, 2.05) is 17.5 Å². The highest BCUT2D eigenvalue weighted by atomic mass is 32.1. The molecule has 1 aliphatic rings. The molecule has 1 fully saturated rings. The highest BCUT2D eigenvalue weighted by Crippen LogP contribution is 2.39. The van der Waals surface area contributed by atoms with Crippen LogP contribution in [0, 0.1) is 5.92 Å². The monoisotopic (exact) mass is 277 g/mol. The van der Waals surface area contributed by atoms with Crippen LogP contribution < -0.4 is 5.32 Å². The Morgan fingerprint density at radius 2 is 2.42 bits per heavy atom. The number of aliphatic hydroxyl groups is 1. The smallest absolute Gasteiger partial charge is 0.254 e. The third kappa shape index (κ3) is 2.54. The Labute approximate surface area is 114 Å². The Morgan fingerprint density at radius 3 is 3.00 bits per heavy atom. The van der Waals surface area contributed by atoms with Crippen molar-refractivity contribution in [3.8, 4) is 0 Å².